The third-order valence-corrected chi connectivity index (χ3v) is 5.54. The summed E-state index contributed by atoms with van der Waals surface area (Å²) in [4.78, 5) is 14.1. The molecule has 1 aliphatic heterocycles. The van der Waals surface area contributed by atoms with Gasteiger partial charge in [-0.2, -0.15) is 0 Å². The van der Waals surface area contributed by atoms with E-state index < -0.39 is 5.97 Å². The summed E-state index contributed by atoms with van der Waals surface area (Å²) in [6.07, 6.45) is 9.43. The van der Waals surface area contributed by atoms with Gasteiger partial charge in [-0.25, -0.2) is 0 Å². The molecule has 2 fully saturated rings. The largest absolute Gasteiger partial charge is 0.481 e. The molecule has 3 nitrogen and oxygen atoms in total. The molecule has 1 aliphatic carbocycles. The molecular formula is C17H31NO2. The average molecular weight is 281 g/mol. The molecule has 1 heterocycles. The highest BCUT2D eigenvalue weighted by Crippen LogP contribution is 2.36. The number of hydrogen-bond acceptors (Lipinski definition) is 2. The second-order valence-corrected chi connectivity index (χ2v) is 6.89. The zero-order chi connectivity index (χ0) is 14.5. The first kappa shape index (κ1) is 15.8. The molecule has 4 unspecified atom stereocenters. The normalized spacial score (nSPS) is 35.9. The fourth-order valence-electron chi connectivity index (χ4n) is 4.33. The van der Waals surface area contributed by atoms with Crippen molar-refractivity contribution < 1.29 is 9.90 Å². The van der Waals surface area contributed by atoms with Gasteiger partial charge < -0.3 is 5.11 Å². The minimum absolute atomic E-state index is 0.126. The predicted octanol–water partition coefficient (Wildman–Crippen LogP) is 3.78. The van der Waals surface area contributed by atoms with Crippen LogP contribution in [0.25, 0.3) is 0 Å². The Balaban J connectivity index is 2.04. The van der Waals surface area contributed by atoms with E-state index in [-0.39, 0.29) is 5.92 Å². The fourth-order valence-corrected chi connectivity index (χ4v) is 4.33. The molecule has 0 aromatic heterocycles. The summed E-state index contributed by atoms with van der Waals surface area (Å²) in [6.45, 7) is 6.75. The van der Waals surface area contributed by atoms with Gasteiger partial charge in [0.25, 0.3) is 0 Å². The molecule has 4 atom stereocenters. The third kappa shape index (κ3) is 3.75. The third-order valence-electron chi connectivity index (χ3n) is 5.54. The monoisotopic (exact) mass is 281 g/mol. The van der Waals surface area contributed by atoms with Crippen LogP contribution in [0.4, 0.5) is 0 Å². The molecule has 1 N–H and O–H groups in total. The number of rotatable bonds is 5. The molecule has 0 amide bonds. The second kappa shape index (κ2) is 7.44. The molecule has 0 aromatic carbocycles. The Morgan fingerprint density at radius 2 is 2.00 bits per heavy atom. The number of nitrogens with zero attached hydrogens (tertiary/aromatic N) is 1. The van der Waals surface area contributed by atoms with Gasteiger partial charge in [0.05, 0.1) is 5.92 Å². The predicted molar refractivity (Wildman–Crippen MR) is 81.8 cm³/mol. The van der Waals surface area contributed by atoms with Crippen molar-refractivity contribution in [3.63, 3.8) is 0 Å². The number of carboxylic acid groups (broad SMARTS) is 1. The Kier molecular flexibility index (Phi) is 5.88. The molecule has 20 heavy (non-hydrogen) atoms. The lowest BCUT2D eigenvalue weighted by Gasteiger charge is -2.44. The van der Waals surface area contributed by atoms with Crippen LogP contribution in [0, 0.1) is 17.8 Å². The number of hydrogen-bond donors (Lipinski definition) is 1. The van der Waals surface area contributed by atoms with Crippen LogP contribution in [0.3, 0.4) is 0 Å². The summed E-state index contributed by atoms with van der Waals surface area (Å²) in [5, 5.41) is 9.55. The summed E-state index contributed by atoms with van der Waals surface area (Å²) < 4.78 is 0. The van der Waals surface area contributed by atoms with E-state index in [1.54, 1.807) is 0 Å². The van der Waals surface area contributed by atoms with Crippen molar-refractivity contribution >= 4 is 5.97 Å². The van der Waals surface area contributed by atoms with Crippen LogP contribution in [0.2, 0.25) is 0 Å². The molecular weight excluding hydrogens is 250 g/mol. The lowest BCUT2D eigenvalue weighted by atomic mass is 9.75. The SMILES string of the molecule is CCCC1CCC(C(=O)O)C(N2CCCC(CC)C2)C1. The van der Waals surface area contributed by atoms with E-state index in [1.165, 1.54) is 32.1 Å². The summed E-state index contributed by atoms with van der Waals surface area (Å²) in [7, 11) is 0. The number of aliphatic carboxylic acids is 1. The van der Waals surface area contributed by atoms with Crippen molar-refractivity contribution in [3.8, 4) is 0 Å². The highest BCUT2D eigenvalue weighted by molar-refractivity contribution is 5.71. The fraction of sp³-hybridized carbons (Fsp3) is 0.941. The second-order valence-electron chi connectivity index (χ2n) is 6.89. The molecule has 116 valence electrons. The van der Waals surface area contributed by atoms with Crippen LogP contribution in [0.1, 0.15) is 65.2 Å². The van der Waals surface area contributed by atoms with Gasteiger partial charge in [0.1, 0.15) is 0 Å². The molecule has 2 rings (SSSR count). The van der Waals surface area contributed by atoms with Gasteiger partial charge in [-0.1, -0.05) is 33.1 Å². The molecule has 2 aliphatic rings. The van der Waals surface area contributed by atoms with Crippen molar-refractivity contribution in [3.05, 3.63) is 0 Å². The van der Waals surface area contributed by atoms with Gasteiger partial charge in [0.2, 0.25) is 0 Å². The summed E-state index contributed by atoms with van der Waals surface area (Å²) >= 11 is 0. The van der Waals surface area contributed by atoms with E-state index in [4.69, 9.17) is 0 Å². The Bertz CT molecular complexity index is 318. The van der Waals surface area contributed by atoms with E-state index in [2.05, 4.69) is 18.7 Å². The number of carbonyl (C=O) groups is 1. The first-order valence-electron chi connectivity index (χ1n) is 8.62. The number of piperidine rings is 1. The van der Waals surface area contributed by atoms with Crippen LogP contribution in [0.15, 0.2) is 0 Å². The maximum absolute atomic E-state index is 11.6. The van der Waals surface area contributed by atoms with Gasteiger partial charge in [-0.05, 0) is 50.5 Å². The minimum atomic E-state index is -0.566. The Hall–Kier alpha value is -0.570. The quantitative estimate of drug-likeness (QED) is 0.833. The zero-order valence-electron chi connectivity index (χ0n) is 13.2. The van der Waals surface area contributed by atoms with Crippen molar-refractivity contribution in [2.24, 2.45) is 17.8 Å². The standard InChI is InChI=1S/C17H31NO2/c1-3-6-14-8-9-15(17(19)20)16(11-14)18-10-5-7-13(4-2)12-18/h13-16H,3-12H2,1-2H3,(H,19,20). The molecule has 1 saturated heterocycles. The lowest BCUT2D eigenvalue weighted by molar-refractivity contribution is -0.146. The van der Waals surface area contributed by atoms with Gasteiger partial charge in [0.15, 0.2) is 0 Å². The topological polar surface area (TPSA) is 40.5 Å². The zero-order valence-corrected chi connectivity index (χ0v) is 13.2. The van der Waals surface area contributed by atoms with Crippen molar-refractivity contribution in [2.45, 2.75) is 71.3 Å². The average Bonchev–Trinajstić information content (AvgIpc) is 2.47. The summed E-state index contributed by atoms with van der Waals surface area (Å²) in [5.41, 5.74) is 0. The maximum atomic E-state index is 11.6. The van der Waals surface area contributed by atoms with Crippen molar-refractivity contribution in [1.82, 2.24) is 4.90 Å². The van der Waals surface area contributed by atoms with E-state index >= 15 is 0 Å². The van der Waals surface area contributed by atoms with E-state index in [0.717, 1.165) is 44.2 Å². The number of carboxylic acids is 1. The van der Waals surface area contributed by atoms with Crippen LogP contribution < -0.4 is 0 Å². The van der Waals surface area contributed by atoms with Gasteiger partial charge in [-0.3, -0.25) is 9.69 Å². The lowest BCUT2D eigenvalue weighted by Crippen LogP contribution is -2.50. The molecule has 1 saturated carbocycles. The van der Waals surface area contributed by atoms with Crippen molar-refractivity contribution in [1.29, 1.82) is 0 Å². The maximum Gasteiger partial charge on any atom is 0.308 e. The van der Waals surface area contributed by atoms with Crippen LogP contribution in [-0.2, 0) is 4.79 Å². The van der Waals surface area contributed by atoms with Gasteiger partial charge >= 0.3 is 5.97 Å². The highest BCUT2D eigenvalue weighted by Gasteiger charge is 2.39. The Labute approximate surface area is 123 Å². The molecule has 0 aromatic rings. The first-order chi connectivity index (χ1) is 9.65. The van der Waals surface area contributed by atoms with E-state index in [0.29, 0.717) is 6.04 Å². The smallest absolute Gasteiger partial charge is 0.308 e. The van der Waals surface area contributed by atoms with E-state index in [9.17, 15) is 9.90 Å². The van der Waals surface area contributed by atoms with Crippen LogP contribution in [0.5, 0.6) is 0 Å². The van der Waals surface area contributed by atoms with Gasteiger partial charge in [0, 0.05) is 12.6 Å². The van der Waals surface area contributed by atoms with Crippen molar-refractivity contribution in [2.75, 3.05) is 13.1 Å². The first-order valence-corrected chi connectivity index (χ1v) is 8.62. The van der Waals surface area contributed by atoms with Crippen LogP contribution >= 0.6 is 0 Å². The Morgan fingerprint density at radius 1 is 1.20 bits per heavy atom. The minimum Gasteiger partial charge on any atom is -0.481 e. The summed E-state index contributed by atoms with van der Waals surface area (Å²) in [5.74, 6) is 0.842. The summed E-state index contributed by atoms with van der Waals surface area (Å²) in [6, 6.07) is 0.298. The number of likely N-dealkylation sites (tertiary alicyclic amines) is 1. The molecule has 0 bridgehead atoms. The molecule has 0 radical (unpaired) electrons. The Morgan fingerprint density at radius 3 is 2.65 bits per heavy atom. The molecule has 3 heteroatoms. The highest BCUT2D eigenvalue weighted by atomic mass is 16.4. The van der Waals surface area contributed by atoms with Gasteiger partial charge in [-0.15, -0.1) is 0 Å². The molecule has 0 spiro atoms. The van der Waals surface area contributed by atoms with E-state index in [1.807, 2.05) is 0 Å². The van der Waals surface area contributed by atoms with Crippen LogP contribution in [-0.4, -0.2) is 35.1 Å².